The molecule has 24 heavy (non-hydrogen) atoms. The van der Waals surface area contributed by atoms with Gasteiger partial charge in [-0.1, -0.05) is 23.7 Å². The van der Waals surface area contributed by atoms with Crippen molar-refractivity contribution in [3.8, 4) is 0 Å². The molecule has 0 bridgehead atoms. The second kappa shape index (κ2) is 6.34. The van der Waals surface area contributed by atoms with Gasteiger partial charge in [0.1, 0.15) is 19.7 Å². The zero-order valence-corrected chi connectivity index (χ0v) is 14.4. The lowest BCUT2D eigenvalue weighted by molar-refractivity contribution is -0.137. The van der Waals surface area contributed by atoms with Gasteiger partial charge in [-0.05, 0) is 24.3 Å². The smallest absolute Gasteiger partial charge is 0.246 e. The summed E-state index contributed by atoms with van der Waals surface area (Å²) in [6, 6.07) is 6.89. The van der Waals surface area contributed by atoms with Gasteiger partial charge in [-0.25, -0.2) is 9.19 Å². The van der Waals surface area contributed by atoms with Crippen molar-refractivity contribution in [2.45, 2.75) is 16.1 Å². The third kappa shape index (κ3) is 4.05. The van der Waals surface area contributed by atoms with Gasteiger partial charge in [-0.15, -0.1) is 3.77 Å². The van der Waals surface area contributed by atoms with Gasteiger partial charge in [0.25, 0.3) is 10.0 Å². The molecular formula is C13H10ClF3N2O3S2. The molecule has 1 heterocycles. The van der Waals surface area contributed by atoms with E-state index in [1.807, 2.05) is 0 Å². The Labute approximate surface area is 141 Å². The van der Waals surface area contributed by atoms with Gasteiger partial charge in [-0.3, -0.25) is 0 Å². The van der Waals surface area contributed by atoms with Crippen molar-refractivity contribution in [1.29, 1.82) is 0 Å². The summed E-state index contributed by atoms with van der Waals surface area (Å²) in [6.45, 7) is 0. The zero-order chi connectivity index (χ0) is 18.2. The SMILES string of the molecule is C[S@@](=O)(=NS(=O)(=O)c1ccccc1Cl)c1ccc(C(F)(F)F)cn1. The first kappa shape index (κ1) is 18.7. The van der Waals surface area contributed by atoms with Gasteiger partial charge in [-0.2, -0.15) is 21.6 Å². The van der Waals surface area contributed by atoms with Crippen LogP contribution in [0.25, 0.3) is 0 Å². The Balaban J connectivity index is 2.52. The first-order valence-electron chi connectivity index (χ1n) is 6.20. The maximum atomic E-state index is 12.5. The van der Waals surface area contributed by atoms with Crippen LogP contribution in [-0.4, -0.2) is 23.9 Å². The average molecular weight is 399 g/mol. The molecule has 1 aromatic carbocycles. The molecule has 0 amide bonds. The molecule has 2 aromatic rings. The van der Waals surface area contributed by atoms with Gasteiger partial charge in [0.05, 0.1) is 10.6 Å². The van der Waals surface area contributed by atoms with Crippen molar-refractivity contribution < 1.29 is 25.8 Å². The minimum Gasteiger partial charge on any atom is -0.246 e. The van der Waals surface area contributed by atoms with E-state index < -0.39 is 31.5 Å². The van der Waals surface area contributed by atoms with E-state index in [4.69, 9.17) is 11.6 Å². The van der Waals surface area contributed by atoms with E-state index in [-0.39, 0.29) is 14.9 Å². The Bertz CT molecular complexity index is 980. The average Bonchev–Trinajstić information content (AvgIpc) is 2.45. The van der Waals surface area contributed by atoms with Crippen LogP contribution in [0.15, 0.2) is 56.3 Å². The largest absolute Gasteiger partial charge is 0.417 e. The molecule has 0 N–H and O–H groups in total. The second-order valence-corrected chi connectivity index (χ2v) is 9.08. The monoisotopic (exact) mass is 398 g/mol. The molecule has 11 heteroatoms. The van der Waals surface area contributed by atoms with Crippen LogP contribution in [-0.2, 0) is 25.9 Å². The molecule has 0 aliphatic heterocycles. The number of hydrogen-bond donors (Lipinski definition) is 0. The quantitative estimate of drug-likeness (QED) is 0.791. The number of hydrogen-bond acceptors (Lipinski definition) is 4. The van der Waals surface area contributed by atoms with Crippen molar-refractivity contribution in [2.24, 2.45) is 3.77 Å². The van der Waals surface area contributed by atoms with Gasteiger partial charge >= 0.3 is 6.18 Å². The van der Waals surface area contributed by atoms with Crippen LogP contribution in [0.3, 0.4) is 0 Å². The molecule has 1 aromatic heterocycles. The number of benzene rings is 1. The fourth-order valence-corrected chi connectivity index (χ4v) is 5.38. The number of sulfonamides is 1. The summed E-state index contributed by atoms with van der Waals surface area (Å²) in [5.41, 5.74) is -1.05. The molecule has 0 unspecified atom stereocenters. The molecule has 130 valence electrons. The van der Waals surface area contributed by atoms with E-state index in [9.17, 15) is 25.8 Å². The van der Waals surface area contributed by atoms with Crippen molar-refractivity contribution in [3.05, 3.63) is 53.2 Å². The maximum absolute atomic E-state index is 12.5. The fraction of sp³-hybridized carbons (Fsp3) is 0.154. The van der Waals surface area contributed by atoms with E-state index in [0.717, 1.165) is 12.3 Å². The number of halogens is 4. The first-order chi connectivity index (χ1) is 10.9. The summed E-state index contributed by atoms with van der Waals surface area (Å²) in [5, 5.41) is -0.497. The Morgan fingerprint density at radius 2 is 1.71 bits per heavy atom. The van der Waals surface area contributed by atoms with Crippen LogP contribution in [0.1, 0.15) is 5.56 Å². The van der Waals surface area contributed by atoms with Crippen LogP contribution in [0.5, 0.6) is 0 Å². The number of aromatic nitrogens is 1. The lowest BCUT2D eigenvalue weighted by Gasteiger charge is -2.08. The predicted molar refractivity (Wildman–Crippen MR) is 82.6 cm³/mol. The predicted octanol–water partition coefficient (Wildman–Crippen LogP) is 3.60. The summed E-state index contributed by atoms with van der Waals surface area (Å²) in [6.07, 6.45) is -3.17. The van der Waals surface area contributed by atoms with Crippen LogP contribution >= 0.6 is 11.6 Å². The molecule has 0 fully saturated rings. The summed E-state index contributed by atoms with van der Waals surface area (Å²) >= 11 is 5.78. The molecular weight excluding hydrogens is 389 g/mol. The summed E-state index contributed by atoms with van der Waals surface area (Å²) in [7, 11) is -7.98. The molecule has 0 radical (unpaired) electrons. The van der Waals surface area contributed by atoms with E-state index in [1.165, 1.54) is 24.3 Å². The van der Waals surface area contributed by atoms with Crippen molar-refractivity contribution in [2.75, 3.05) is 6.26 Å². The van der Waals surface area contributed by atoms with Crippen LogP contribution in [0.2, 0.25) is 5.02 Å². The number of alkyl halides is 3. The standard InChI is InChI=1S/C13H10ClF3N2O3S2/c1-23(20,12-7-6-9(8-18-12)13(15,16)17)19-24(21,22)11-5-3-2-4-10(11)14/h2-8H,1H3/t23-/m0/s1. The first-order valence-corrected chi connectivity index (χ1v) is 9.94. The third-order valence-electron chi connectivity index (χ3n) is 2.81. The highest BCUT2D eigenvalue weighted by Gasteiger charge is 2.31. The minimum atomic E-state index is -4.61. The lowest BCUT2D eigenvalue weighted by atomic mass is 10.3. The highest BCUT2D eigenvalue weighted by molar-refractivity contribution is 8.03. The van der Waals surface area contributed by atoms with Gasteiger partial charge in [0.2, 0.25) is 0 Å². The van der Waals surface area contributed by atoms with Crippen LogP contribution < -0.4 is 0 Å². The number of pyridine rings is 1. The second-order valence-electron chi connectivity index (χ2n) is 4.67. The Hall–Kier alpha value is -1.65. The molecule has 0 aliphatic carbocycles. The van der Waals surface area contributed by atoms with E-state index >= 15 is 0 Å². The van der Waals surface area contributed by atoms with Crippen molar-refractivity contribution in [3.63, 3.8) is 0 Å². The van der Waals surface area contributed by atoms with Gasteiger partial charge in [0.15, 0.2) is 0 Å². The Morgan fingerprint density at radius 3 is 2.21 bits per heavy atom. The highest BCUT2D eigenvalue weighted by Crippen LogP contribution is 2.29. The molecule has 0 saturated carbocycles. The molecule has 1 atom stereocenters. The van der Waals surface area contributed by atoms with Crippen LogP contribution in [0.4, 0.5) is 13.2 Å². The topological polar surface area (TPSA) is 76.5 Å². The lowest BCUT2D eigenvalue weighted by Crippen LogP contribution is -2.09. The summed E-state index contributed by atoms with van der Waals surface area (Å²) in [5.74, 6) is 0. The molecule has 0 aliphatic rings. The number of nitrogens with zero attached hydrogens (tertiary/aromatic N) is 2. The summed E-state index contributed by atoms with van der Waals surface area (Å²) < 4.78 is 77.8. The molecule has 2 rings (SSSR count). The maximum Gasteiger partial charge on any atom is 0.417 e. The number of rotatable bonds is 3. The molecule has 5 nitrogen and oxygen atoms in total. The van der Waals surface area contributed by atoms with Crippen LogP contribution in [0, 0.1) is 0 Å². The molecule has 0 spiro atoms. The van der Waals surface area contributed by atoms with Crippen molar-refractivity contribution >= 4 is 31.4 Å². The molecule has 0 saturated heterocycles. The Kier molecular flexibility index (Phi) is 4.93. The van der Waals surface area contributed by atoms with Gasteiger partial charge < -0.3 is 0 Å². The van der Waals surface area contributed by atoms with Crippen molar-refractivity contribution in [1.82, 2.24) is 4.98 Å². The fourth-order valence-electron chi connectivity index (χ4n) is 1.69. The normalized spacial score (nSPS) is 14.9. The summed E-state index contributed by atoms with van der Waals surface area (Å²) in [4.78, 5) is 3.08. The minimum absolute atomic E-state index is 0.114. The van der Waals surface area contributed by atoms with E-state index in [0.29, 0.717) is 12.3 Å². The van der Waals surface area contributed by atoms with E-state index in [1.54, 1.807) is 0 Å². The zero-order valence-electron chi connectivity index (χ0n) is 12.0. The highest BCUT2D eigenvalue weighted by atomic mass is 35.5. The van der Waals surface area contributed by atoms with E-state index in [2.05, 4.69) is 8.75 Å². The Morgan fingerprint density at radius 1 is 1.08 bits per heavy atom. The van der Waals surface area contributed by atoms with Gasteiger partial charge in [0, 0.05) is 12.5 Å². The third-order valence-corrected chi connectivity index (χ3v) is 7.10.